The molecule has 5 heteroatoms. The molecule has 5 nitrogen and oxygen atoms in total. The summed E-state index contributed by atoms with van der Waals surface area (Å²) >= 11 is 0. The zero-order valence-electron chi connectivity index (χ0n) is 11.0. The maximum Gasteiger partial charge on any atom is 0.149 e. The first-order chi connectivity index (χ1) is 7.24. The molecule has 1 fully saturated rings. The van der Waals surface area contributed by atoms with Gasteiger partial charge in [0.2, 0.25) is 0 Å². The number of hydrazine groups is 1. The second-order valence-corrected chi connectivity index (χ2v) is 5.79. The molecular formula is C11H26N5+. The van der Waals surface area contributed by atoms with E-state index in [-0.39, 0.29) is 5.66 Å². The van der Waals surface area contributed by atoms with E-state index < -0.39 is 0 Å². The lowest BCUT2D eigenvalue weighted by molar-refractivity contribution is -0.925. The van der Waals surface area contributed by atoms with Gasteiger partial charge in [0.25, 0.3) is 0 Å². The molecule has 0 amide bonds. The highest BCUT2D eigenvalue weighted by molar-refractivity contribution is 5.60. The van der Waals surface area contributed by atoms with E-state index in [4.69, 9.17) is 11.6 Å². The lowest BCUT2D eigenvalue weighted by Gasteiger charge is -2.46. The van der Waals surface area contributed by atoms with E-state index in [1.54, 1.807) is 7.05 Å². The number of nitrogens with two attached hydrogens (primary N) is 2. The van der Waals surface area contributed by atoms with Crippen molar-refractivity contribution in [1.29, 1.82) is 0 Å². The van der Waals surface area contributed by atoms with Crippen LogP contribution in [0.15, 0.2) is 5.10 Å². The minimum Gasteiger partial charge on any atom is -0.314 e. The number of hydrazone groups is 1. The van der Waals surface area contributed by atoms with E-state index in [1.165, 1.54) is 5.12 Å². The number of quaternary nitrogens is 1. The molecular weight excluding hydrogens is 202 g/mol. The van der Waals surface area contributed by atoms with Crippen LogP contribution in [0.2, 0.25) is 0 Å². The third-order valence-corrected chi connectivity index (χ3v) is 3.69. The standard InChI is InChI=1S/C11H26N5/c1-15(13)14-9-10-5-7-11(12,8-6-10)16(2,3)4/h9-10H,5-8,12-13H2,1-4H3/q+1. The topological polar surface area (TPSA) is 67.6 Å². The summed E-state index contributed by atoms with van der Waals surface area (Å²) in [6.45, 7) is 0. The van der Waals surface area contributed by atoms with Crippen LogP contribution >= 0.6 is 0 Å². The number of hydrogen-bond donors (Lipinski definition) is 2. The molecule has 0 unspecified atom stereocenters. The summed E-state index contributed by atoms with van der Waals surface area (Å²) in [6.07, 6.45) is 6.24. The fourth-order valence-electron chi connectivity index (χ4n) is 2.16. The third kappa shape index (κ3) is 3.17. The predicted octanol–water partition coefficient (Wildman–Crippen LogP) is 0.329. The maximum absolute atomic E-state index is 6.45. The van der Waals surface area contributed by atoms with Crippen LogP contribution in [0.3, 0.4) is 0 Å². The monoisotopic (exact) mass is 228 g/mol. The van der Waals surface area contributed by atoms with Gasteiger partial charge in [-0.3, -0.25) is 5.73 Å². The Labute approximate surface area is 98.6 Å². The second-order valence-electron chi connectivity index (χ2n) is 5.79. The van der Waals surface area contributed by atoms with Crippen LogP contribution in [-0.4, -0.2) is 49.7 Å². The van der Waals surface area contributed by atoms with Gasteiger partial charge in [-0.1, -0.05) is 0 Å². The average molecular weight is 228 g/mol. The molecule has 0 atom stereocenters. The minimum absolute atomic E-state index is 0.0844. The average Bonchev–Trinajstić information content (AvgIpc) is 2.15. The molecule has 94 valence electrons. The molecule has 1 aliphatic carbocycles. The van der Waals surface area contributed by atoms with Gasteiger partial charge in [0, 0.05) is 26.1 Å². The summed E-state index contributed by atoms with van der Waals surface area (Å²) in [5, 5.41) is 5.45. The van der Waals surface area contributed by atoms with Crippen molar-refractivity contribution < 1.29 is 4.48 Å². The number of nitrogens with zero attached hydrogens (tertiary/aromatic N) is 3. The predicted molar refractivity (Wildman–Crippen MR) is 67.4 cm³/mol. The van der Waals surface area contributed by atoms with Crippen molar-refractivity contribution in [3.05, 3.63) is 0 Å². The summed E-state index contributed by atoms with van der Waals surface area (Å²) in [5.74, 6) is 5.96. The maximum atomic E-state index is 6.45. The molecule has 0 aromatic heterocycles. The van der Waals surface area contributed by atoms with Crippen molar-refractivity contribution in [2.45, 2.75) is 31.3 Å². The van der Waals surface area contributed by atoms with Crippen LogP contribution in [0, 0.1) is 5.92 Å². The van der Waals surface area contributed by atoms with E-state index in [0.717, 1.165) is 30.2 Å². The molecule has 0 saturated heterocycles. The molecule has 0 spiro atoms. The highest BCUT2D eigenvalue weighted by atomic mass is 15.6. The van der Waals surface area contributed by atoms with Gasteiger partial charge in [0.1, 0.15) is 5.66 Å². The minimum atomic E-state index is -0.0844. The van der Waals surface area contributed by atoms with Gasteiger partial charge >= 0.3 is 0 Å². The van der Waals surface area contributed by atoms with Crippen LogP contribution < -0.4 is 11.6 Å². The first kappa shape index (κ1) is 13.4. The Morgan fingerprint density at radius 1 is 1.31 bits per heavy atom. The van der Waals surface area contributed by atoms with Gasteiger partial charge in [-0.15, -0.1) is 0 Å². The van der Waals surface area contributed by atoms with Crippen LogP contribution in [0.1, 0.15) is 25.7 Å². The normalized spacial score (nSPS) is 32.0. The molecule has 0 radical (unpaired) electrons. The summed E-state index contributed by atoms with van der Waals surface area (Å²) in [6, 6.07) is 0. The summed E-state index contributed by atoms with van der Waals surface area (Å²) in [4.78, 5) is 0. The molecule has 1 aliphatic rings. The van der Waals surface area contributed by atoms with Gasteiger partial charge in [-0.05, 0) is 18.8 Å². The Morgan fingerprint density at radius 3 is 2.19 bits per heavy atom. The molecule has 0 heterocycles. The molecule has 1 saturated carbocycles. The summed E-state index contributed by atoms with van der Waals surface area (Å²) in [5.41, 5.74) is 6.36. The second kappa shape index (κ2) is 4.69. The van der Waals surface area contributed by atoms with E-state index >= 15 is 0 Å². The van der Waals surface area contributed by atoms with Gasteiger partial charge in [-0.25, -0.2) is 11.0 Å². The SMILES string of the molecule is CN(N)N=CC1CCC(N)([N+](C)(C)C)CC1. The van der Waals surface area contributed by atoms with E-state index in [9.17, 15) is 0 Å². The van der Waals surface area contributed by atoms with Gasteiger partial charge in [0.05, 0.1) is 21.1 Å². The van der Waals surface area contributed by atoms with E-state index in [0.29, 0.717) is 5.92 Å². The zero-order chi connectivity index (χ0) is 12.4. The zero-order valence-corrected chi connectivity index (χ0v) is 11.0. The van der Waals surface area contributed by atoms with Crippen LogP contribution in [0.25, 0.3) is 0 Å². The van der Waals surface area contributed by atoms with Crippen molar-refractivity contribution in [3.63, 3.8) is 0 Å². The Bertz CT molecular complexity index is 246. The van der Waals surface area contributed by atoms with Gasteiger partial charge in [0.15, 0.2) is 0 Å². The Kier molecular flexibility index (Phi) is 3.93. The summed E-state index contributed by atoms with van der Waals surface area (Å²) in [7, 11) is 8.24. The quantitative estimate of drug-likeness (QED) is 0.240. The first-order valence-electron chi connectivity index (χ1n) is 5.87. The third-order valence-electron chi connectivity index (χ3n) is 3.69. The highest BCUT2D eigenvalue weighted by Crippen LogP contribution is 2.33. The van der Waals surface area contributed by atoms with E-state index in [1.807, 2.05) is 6.21 Å². The van der Waals surface area contributed by atoms with Crippen LogP contribution in [0.5, 0.6) is 0 Å². The molecule has 16 heavy (non-hydrogen) atoms. The van der Waals surface area contributed by atoms with Crippen molar-refractivity contribution in [1.82, 2.24) is 5.12 Å². The molecule has 0 aliphatic heterocycles. The van der Waals surface area contributed by atoms with Crippen molar-refractivity contribution in [2.75, 3.05) is 28.2 Å². The molecule has 0 aromatic carbocycles. The molecule has 4 N–H and O–H groups in total. The first-order valence-corrected chi connectivity index (χ1v) is 5.87. The van der Waals surface area contributed by atoms with Crippen LogP contribution in [0.4, 0.5) is 0 Å². The van der Waals surface area contributed by atoms with Crippen molar-refractivity contribution in [3.8, 4) is 0 Å². The van der Waals surface area contributed by atoms with Crippen molar-refractivity contribution in [2.24, 2.45) is 22.6 Å². The van der Waals surface area contributed by atoms with Gasteiger partial charge < -0.3 is 4.48 Å². The van der Waals surface area contributed by atoms with Gasteiger partial charge in [-0.2, -0.15) is 5.10 Å². The lowest BCUT2D eigenvalue weighted by atomic mass is 9.81. The largest absolute Gasteiger partial charge is 0.314 e. The Morgan fingerprint density at radius 2 is 1.81 bits per heavy atom. The summed E-state index contributed by atoms with van der Waals surface area (Å²) < 4.78 is 0.827. The molecule has 1 rings (SSSR count). The Balaban J connectivity index is 2.51. The molecule has 0 bridgehead atoms. The number of hydrogen-bond acceptors (Lipinski definition) is 4. The fourth-order valence-corrected chi connectivity index (χ4v) is 2.16. The number of rotatable bonds is 3. The van der Waals surface area contributed by atoms with E-state index in [2.05, 4.69) is 26.2 Å². The van der Waals surface area contributed by atoms with Crippen LogP contribution in [-0.2, 0) is 0 Å². The highest BCUT2D eigenvalue weighted by Gasteiger charge is 2.41. The smallest absolute Gasteiger partial charge is 0.149 e. The van der Waals surface area contributed by atoms with Crippen molar-refractivity contribution >= 4 is 6.21 Å². The lowest BCUT2D eigenvalue weighted by Crippen LogP contribution is -2.64. The Hall–Kier alpha value is -0.650. The molecule has 0 aromatic rings. The fraction of sp³-hybridized carbons (Fsp3) is 0.909.